The van der Waals surface area contributed by atoms with Crippen LogP contribution in [0, 0.1) is 12.8 Å². The van der Waals surface area contributed by atoms with Crippen molar-refractivity contribution in [3.8, 4) is 5.69 Å². The van der Waals surface area contributed by atoms with Gasteiger partial charge in [-0.2, -0.15) is 0 Å². The van der Waals surface area contributed by atoms with Gasteiger partial charge in [-0.05, 0) is 54.8 Å². The van der Waals surface area contributed by atoms with E-state index in [1.165, 1.54) is 7.11 Å². The lowest BCUT2D eigenvalue weighted by Crippen LogP contribution is -2.34. The Kier molecular flexibility index (Phi) is 5.75. The highest BCUT2D eigenvalue weighted by molar-refractivity contribution is 6.42. The second-order valence-electron chi connectivity index (χ2n) is 8.17. The summed E-state index contributed by atoms with van der Waals surface area (Å²) in [4.78, 5) is 34.5. The van der Waals surface area contributed by atoms with Gasteiger partial charge >= 0.3 is 5.97 Å². The van der Waals surface area contributed by atoms with Gasteiger partial charge in [0, 0.05) is 23.5 Å². The van der Waals surface area contributed by atoms with E-state index in [-0.39, 0.29) is 0 Å². The molecule has 2 atom stereocenters. The summed E-state index contributed by atoms with van der Waals surface area (Å²) in [6.07, 6.45) is 3.87. The van der Waals surface area contributed by atoms with Crippen molar-refractivity contribution < 1.29 is 14.3 Å². The lowest BCUT2D eigenvalue weighted by molar-refractivity contribution is -0.149. The molecule has 0 saturated heterocycles. The third-order valence-electron chi connectivity index (χ3n) is 6.19. The van der Waals surface area contributed by atoms with Crippen LogP contribution in [0.1, 0.15) is 22.9 Å². The number of ether oxygens (including phenoxy) is 1. The molecule has 2 unspecified atom stereocenters. The topological polar surface area (TPSA) is 86.1 Å². The molecule has 1 N–H and O–H groups in total. The lowest BCUT2D eigenvalue weighted by atomic mass is 9.81. The van der Waals surface area contributed by atoms with Crippen molar-refractivity contribution in [1.29, 1.82) is 0 Å². The van der Waals surface area contributed by atoms with Gasteiger partial charge < -0.3 is 10.1 Å². The van der Waals surface area contributed by atoms with E-state index >= 15 is 0 Å². The molecule has 0 saturated carbocycles. The van der Waals surface area contributed by atoms with Crippen molar-refractivity contribution in [2.24, 2.45) is 5.92 Å². The van der Waals surface area contributed by atoms with Crippen molar-refractivity contribution in [1.82, 2.24) is 14.5 Å². The van der Waals surface area contributed by atoms with Crippen LogP contribution in [-0.2, 0) is 20.7 Å². The SMILES string of the molecule is COC(=O)C1C(=O)Nc2cc(Cl)c(Cl)cc2CC1c1ccc(-n2c(C)nc3cnccc32)cc1. The maximum Gasteiger partial charge on any atom is 0.318 e. The van der Waals surface area contributed by atoms with Gasteiger partial charge in [-0.3, -0.25) is 19.1 Å². The Morgan fingerprint density at radius 1 is 1.15 bits per heavy atom. The first-order valence-electron chi connectivity index (χ1n) is 10.6. The molecule has 2 aromatic carbocycles. The standard InChI is InChI=1S/C25H20Cl2N4O3/c1-13-29-21-12-28-8-7-22(21)31(13)16-5-3-14(4-6-16)17-9-15-10-18(26)19(27)11-20(15)30-24(32)23(17)25(33)34-2/h3-8,10-12,17,23H,9H2,1-2H3,(H,30,32). The molecule has 1 aliphatic heterocycles. The summed E-state index contributed by atoms with van der Waals surface area (Å²) in [5, 5.41) is 3.53. The second-order valence-corrected chi connectivity index (χ2v) is 8.99. The molecule has 0 fully saturated rings. The van der Waals surface area contributed by atoms with Crippen molar-refractivity contribution in [2.75, 3.05) is 12.4 Å². The fourth-order valence-electron chi connectivity index (χ4n) is 4.58. The van der Waals surface area contributed by atoms with Gasteiger partial charge in [0.2, 0.25) is 5.91 Å². The molecule has 2 aromatic heterocycles. The Hall–Kier alpha value is -3.42. The number of aromatic nitrogens is 3. The number of esters is 1. The molecule has 4 aromatic rings. The van der Waals surface area contributed by atoms with E-state index in [0.717, 1.165) is 33.7 Å². The van der Waals surface area contributed by atoms with Crippen molar-refractivity contribution >= 4 is 51.8 Å². The number of fused-ring (bicyclic) bond motifs is 2. The Bertz CT molecular complexity index is 1430. The summed E-state index contributed by atoms with van der Waals surface area (Å²) in [6, 6.07) is 13.0. The van der Waals surface area contributed by atoms with Crippen LogP contribution in [0.5, 0.6) is 0 Å². The number of benzene rings is 2. The zero-order valence-electron chi connectivity index (χ0n) is 18.4. The maximum atomic E-state index is 13.1. The first kappa shape index (κ1) is 22.4. The number of nitrogens with one attached hydrogen (secondary N) is 1. The zero-order valence-corrected chi connectivity index (χ0v) is 19.9. The Morgan fingerprint density at radius 3 is 2.62 bits per heavy atom. The minimum Gasteiger partial charge on any atom is -0.468 e. The smallest absolute Gasteiger partial charge is 0.318 e. The maximum absolute atomic E-state index is 13.1. The Morgan fingerprint density at radius 2 is 1.88 bits per heavy atom. The van der Waals surface area contributed by atoms with Crippen LogP contribution in [0.25, 0.3) is 16.7 Å². The zero-order chi connectivity index (χ0) is 24.0. The summed E-state index contributed by atoms with van der Waals surface area (Å²) < 4.78 is 7.03. The van der Waals surface area contributed by atoms with Gasteiger partial charge in [0.25, 0.3) is 0 Å². The molecule has 1 amide bonds. The number of carbonyl (C=O) groups is 2. The Balaban J connectivity index is 1.58. The van der Waals surface area contributed by atoms with E-state index < -0.39 is 23.7 Å². The number of nitrogens with zero attached hydrogens (tertiary/aromatic N) is 3. The normalized spacial score (nSPS) is 17.7. The molecule has 34 heavy (non-hydrogen) atoms. The van der Waals surface area contributed by atoms with E-state index in [1.54, 1.807) is 24.5 Å². The largest absolute Gasteiger partial charge is 0.468 e. The summed E-state index contributed by atoms with van der Waals surface area (Å²) in [7, 11) is 1.28. The number of amides is 1. The quantitative estimate of drug-likeness (QED) is 0.316. The molecule has 0 radical (unpaired) electrons. The highest BCUT2D eigenvalue weighted by Crippen LogP contribution is 2.39. The average molecular weight is 495 g/mol. The fraction of sp³-hybridized carbons (Fsp3) is 0.200. The molecular weight excluding hydrogens is 475 g/mol. The number of aryl methyl sites for hydroxylation is 1. The molecule has 9 heteroatoms. The predicted octanol–water partition coefficient (Wildman–Crippen LogP) is 5.10. The highest BCUT2D eigenvalue weighted by Gasteiger charge is 2.40. The van der Waals surface area contributed by atoms with Crippen molar-refractivity contribution in [3.05, 3.63) is 81.9 Å². The van der Waals surface area contributed by atoms with E-state index in [2.05, 4.69) is 15.3 Å². The van der Waals surface area contributed by atoms with E-state index in [0.29, 0.717) is 22.2 Å². The minimum atomic E-state index is -1.03. The lowest BCUT2D eigenvalue weighted by Gasteiger charge is -2.22. The summed E-state index contributed by atoms with van der Waals surface area (Å²) in [5.74, 6) is -1.69. The van der Waals surface area contributed by atoms with E-state index in [4.69, 9.17) is 27.9 Å². The number of hydrogen-bond acceptors (Lipinski definition) is 5. The summed E-state index contributed by atoms with van der Waals surface area (Å²) >= 11 is 12.4. The second kappa shape index (κ2) is 8.74. The third kappa shape index (κ3) is 3.81. The summed E-state index contributed by atoms with van der Waals surface area (Å²) in [6.45, 7) is 1.93. The monoisotopic (exact) mass is 494 g/mol. The van der Waals surface area contributed by atoms with Crippen LogP contribution >= 0.6 is 23.2 Å². The molecule has 0 spiro atoms. The van der Waals surface area contributed by atoms with Gasteiger partial charge in [-0.1, -0.05) is 35.3 Å². The first-order valence-corrected chi connectivity index (χ1v) is 11.4. The molecule has 1 aliphatic rings. The number of anilines is 1. The molecule has 3 heterocycles. The molecule has 7 nitrogen and oxygen atoms in total. The van der Waals surface area contributed by atoms with Gasteiger partial charge in [0.1, 0.15) is 17.3 Å². The predicted molar refractivity (Wildman–Crippen MR) is 131 cm³/mol. The van der Waals surface area contributed by atoms with Gasteiger partial charge in [-0.15, -0.1) is 0 Å². The van der Waals surface area contributed by atoms with Crippen LogP contribution in [0.4, 0.5) is 5.69 Å². The highest BCUT2D eigenvalue weighted by atomic mass is 35.5. The van der Waals surface area contributed by atoms with E-state index in [9.17, 15) is 9.59 Å². The number of methoxy groups -OCH3 is 1. The Labute approximate surface area is 205 Å². The van der Waals surface area contributed by atoms with Gasteiger partial charge in [0.05, 0.1) is 28.9 Å². The number of rotatable bonds is 3. The van der Waals surface area contributed by atoms with Crippen LogP contribution in [0.3, 0.4) is 0 Å². The van der Waals surface area contributed by atoms with Crippen LogP contribution in [-0.4, -0.2) is 33.5 Å². The van der Waals surface area contributed by atoms with Crippen LogP contribution < -0.4 is 5.32 Å². The molecular formula is C25H20Cl2N4O3. The van der Waals surface area contributed by atoms with E-state index in [1.807, 2.05) is 41.8 Å². The molecule has 5 rings (SSSR count). The van der Waals surface area contributed by atoms with Crippen LogP contribution in [0.2, 0.25) is 10.0 Å². The minimum absolute atomic E-state index is 0.330. The first-order chi connectivity index (χ1) is 16.4. The fourth-order valence-corrected chi connectivity index (χ4v) is 4.93. The third-order valence-corrected chi connectivity index (χ3v) is 6.91. The number of imidazole rings is 1. The van der Waals surface area contributed by atoms with Gasteiger partial charge in [0.15, 0.2) is 0 Å². The number of pyridine rings is 1. The summed E-state index contributed by atoms with van der Waals surface area (Å²) in [5.41, 5.74) is 4.84. The number of carbonyl (C=O) groups excluding carboxylic acids is 2. The van der Waals surface area contributed by atoms with Gasteiger partial charge in [-0.25, -0.2) is 4.98 Å². The molecule has 172 valence electrons. The average Bonchev–Trinajstić information content (AvgIpc) is 3.09. The number of hydrogen-bond donors (Lipinski definition) is 1. The van der Waals surface area contributed by atoms with Crippen molar-refractivity contribution in [2.45, 2.75) is 19.3 Å². The van der Waals surface area contributed by atoms with Crippen LogP contribution in [0.15, 0.2) is 54.9 Å². The molecule has 0 aliphatic carbocycles. The number of halogens is 2. The van der Waals surface area contributed by atoms with Crippen molar-refractivity contribution in [3.63, 3.8) is 0 Å². The molecule has 0 bridgehead atoms.